The quantitative estimate of drug-likeness (QED) is 0.362. The molecule has 1 heterocycles. The number of hydrogen-bond acceptors (Lipinski definition) is 2. The maximum atomic E-state index is 13.4. The third-order valence-electron chi connectivity index (χ3n) is 5.54. The van der Waals surface area contributed by atoms with E-state index in [9.17, 15) is 31.1 Å². The highest BCUT2D eigenvalue weighted by Gasteiger charge is 2.37. The van der Waals surface area contributed by atoms with Gasteiger partial charge in [-0.05, 0) is 47.9 Å². The number of alkyl halides is 6. The number of hydrogen-bond donors (Lipinski definition) is 1. The van der Waals surface area contributed by atoms with Crippen LogP contribution in [0, 0.1) is 0 Å². The fourth-order valence-electron chi connectivity index (χ4n) is 3.81. The second-order valence-corrected chi connectivity index (χ2v) is 9.22. The highest BCUT2D eigenvalue weighted by atomic mass is 35.5. The predicted octanol–water partition coefficient (Wildman–Crippen LogP) is 7.19. The van der Waals surface area contributed by atoms with Gasteiger partial charge in [-0.2, -0.15) is 26.3 Å². The van der Waals surface area contributed by atoms with Gasteiger partial charge in [-0.15, -0.1) is 12.4 Å². The van der Waals surface area contributed by atoms with Crippen LogP contribution in [0.3, 0.4) is 0 Å². The molecule has 0 bridgehead atoms. The molecule has 37 heavy (non-hydrogen) atoms. The Morgan fingerprint density at radius 2 is 1.59 bits per heavy atom. The van der Waals surface area contributed by atoms with Gasteiger partial charge in [0.25, 0.3) is 0 Å². The van der Waals surface area contributed by atoms with Crippen molar-refractivity contribution in [3.05, 3.63) is 68.7 Å². The summed E-state index contributed by atoms with van der Waals surface area (Å²) in [5, 5.41) is 3.71. The molecule has 1 amide bonds. The predicted molar refractivity (Wildman–Crippen MR) is 133 cm³/mol. The van der Waals surface area contributed by atoms with Crippen molar-refractivity contribution in [2.45, 2.75) is 51.1 Å². The first-order chi connectivity index (χ1) is 16.8. The van der Waals surface area contributed by atoms with Crippen LogP contribution in [0.15, 0.2) is 41.4 Å². The van der Waals surface area contributed by atoms with Crippen LogP contribution in [0.5, 0.6) is 0 Å². The van der Waals surface area contributed by atoms with E-state index in [-0.39, 0.29) is 48.4 Å². The van der Waals surface area contributed by atoms with Gasteiger partial charge in [0.2, 0.25) is 5.91 Å². The number of rotatable bonds is 6. The van der Waals surface area contributed by atoms with E-state index in [0.717, 1.165) is 6.42 Å². The fraction of sp³-hybridized carbons (Fsp3) is 0.417. The molecule has 13 heteroatoms. The number of halogens is 9. The van der Waals surface area contributed by atoms with E-state index >= 15 is 0 Å². The van der Waals surface area contributed by atoms with E-state index in [0.29, 0.717) is 35.1 Å². The monoisotopic (exact) mass is 589 g/mol. The Labute approximate surface area is 226 Å². The average molecular weight is 591 g/mol. The zero-order chi connectivity index (χ0) is 26.7. The summed E-state index contributed by atoms with van der Waals surface area (Å²) in [4.78, 5) is 19.1. The second-order valence-electron chi connectivity index (χ2n) is 8.40. The molecule has 1 unspecified atom stereocenters. The second kappa shape index (κ2) is 12.6. The molecule has 1 aliphatic heterocycles. The van der Waals surface area contributed by atoms with E-state index in [4.69, 9.17) is 23.2 Å². The molecular formula is C24H24Cl3F6N3O. The van der Waals surface area contributed by atoms with E-state index in [1.54, 1.807) is 18.2 Å². The molecular weight excluding hydrogens is 567 g/mol. The molecule has 2 aromatic carbocycles. The first-order valence-electron chi connectivity index (χ1n) is 11.1. The highest BCUT2D eigenvalue weighted by molar-refractivity contribution is 6.42. The van der Waals surface area contributed by atoms with Crippen molar-refractivity contribution in [2.24, 2.45) is 4.99 Å². The van der Waals surface area contributed by atoms with Gasteiger partial charge in [0.15, 0.2) is 0 Å². The van der Waals surface area contributed by atoms with Gasteiger partial charge < -0.3 is 10.2 Å². The van der Waals surface area contributed by atoms with Crippen LogP contribution >= 0.6 is 35.6 Å². The Kier molecular flexibility index (Phi) is 10.6. The van der Waals surface area contributed by atoms with Crippen molar-refractivity contribution in [1.82, 2.24) is 10.2 Å². The molecule has 0 radical (unpaired) electrons. The Balaban J connectivity index is 0.00000481. The lowest BCUT2D eigenvalue weighted by atomic mass is 10.0. The summed E-state index contributed by atoms with van der Waals surface area (Å²) in [6.07, 6.45) is -8.76. The molecule has 3 rings (SSSR count). The number of amides is 1. The minimum Gasteiger partial charge on any atom is -0.362 e. The molecule has 1 fully saturated rings. The van der Waals surface area contributed by atoms with Crippen molar-refractivity contribution in [3.8, 4) is 0 Å². The summed E-state index contributed by atoms with van der Waals surface area (Å²) in [6.45, 7) is 2.08. The van der Waals surface area contributed by atoms with Crippen molar-refractivity contribution in [2.75, 3.05) is 13.1 Å². The van der Waals surface area contributed by atoms with Crippen LogP contribution in [-0.4, -0.2) is 35.8 Å². The SMILES string of the molecule is CCCN=C1CCN(Cc2cc(C(F)(F)F)cc(C(F)(F)F)c2)C(=O)C(Cc2ccc(Cl)c(Cl)c2)N1.Cl. The van der Waals surface area contributed by atoms with E-state index in [2.05, 4.69) is 10.3 Å². The lowest BCUT2D eigenvalue weighted by molar-refractivity contribution is -0.143. The first-order valence-corrected chi connectivity index (χ1v) is 11.8. The van der Waals surface area contributed by atoms with Gasteiger partial charge in [0.05, 0.1) is 27.0 Å². The minimum absolute atomic E-state index is 0. The highest BCUT2D eigenvalue weighted by Crippen LogP contribution is 2.36. The fourth-order valence-corrected chi connectivity index (χ4v) is 4.13. The van der Waals surface area contributed by atoms with E-state index < -0.39 is 42.0 Å². The van der Waals surface area contributed by atoms with Crippen molar-refractivity contribution in [1.29, 1.82) is 0 Å². The van der Waals surface area contributed by atoms with Gasteiger partial charge in [-0.25, -0.2) is 0 Å². The van der Waals surface area contributed by atoms with Crippen LogP contribution < -0.4 is 5.32 Å². The number of benzene rings is 2. The maximum Gasteiger partial charge on any atom is 0.416 e. The minimum atomic E-state index is -4.98. The van der Waals surface area contributed by atoms with Gasteiger partial charge in [-0.3, -0.25) is 9.79 Å². The number of carbonyl (C=O) groups excluding carboxylic acids is 1. The Bertz CT molecular complexity index is 1110. The van der Waals surface area contributed by atoms with Crippen LogP contribution in [0.2, 0.25) is 10.0 Å². The summed E-state index contributed by atoms with van der Waals surface area (Å²) >= 11 is 12.0. The molecule has 0 saturated carbocycles. The average Bonchev–Trinajstić information content (AvgIpc) is 2.93. The number of nitrogens with one attached hydrogen (secondary N) is 1. The smallest absolute Gasteiger partial charge is 0.362 e. The van der Waals surface area contributed by atoms with Crippen molar-refractivity contribution in [3.63, 3.8) is 0 Å². The Morgan fingerprint density at radius 1 is 0.973 bits per heavy atom. The van der Waals surface area contributed by atoms with Gasteiger partial charge in [0, 0.05) is 32.5 Å². The molecule has 1 N–H and O–H groups in total. The molecule has 1 saturated heterocycles. The zero-order valence-electron chi connectivity index (χ0n) is 19.5. The van der Waals surface area contributed by atoms with E-state index in [1.165, 1.54) is 4.90 Å². The Morgan fingerprint density at radius 3 is 2.14 bits per heavy atom. The number of nitrogens with zero attached hydrogens (tertiary/aromatic N) is 2. The summed E-state index contributed by atoms with van der Waals surface area (Å²) in [5.74, 6) is 0.0616. The van der Waals surface area contributed by atoms with Crippen LogP contribution in [-0.2, 0) is 30.1 Å². The summed E-state index contributed by atoms with van der Waals surface area (Å²) in [6, 6.07) is 5.35. The van der Waals surface area contributed by atoms with Crippen LogP contribution in [0.1, 0.15) is 42.0 Å². The number of carbonyl (C=O) groups is 1. The van der Waals surface area contributed by atoms with Crippen molar-refractivity contribution >= 4 is 47.4 Å². The normalized spacial score (nSPS) is 17.9. The molecule has 0 spiro atoms. The molecule has 204 valence electrons. The molecule has 1 atom stereocenters. The van der Waals surface area contributed by atoms with Gasteiger partial charge >= 0.3 is 12.4 Å². The zero-order valence-corrected chi connectivity index (χ0v) is 21.8. The summed E-state index contributed by atoms with van der Waals surface area (Å²) in [7, 11) is 0. The molecule has 2 aromatic rings. The first kappa shape index (κ1) is 31.1. The van der Waals surface area contributed by atoms with Crippen molar-refractivity contribution < 1.29 is 31.1 Å². The largest absolute Gasteiger partial charge is 0.416 e. The summed E-state index contributed by atoms with van der Waals surface area (Å²) < 4.78 is 79.8. The topological polar surface area (TPSA) is 44.7 Å². The van der Waals surface area contributed by atoms with Gasteiger partial charge in [-0.1, -0.05) is 36.2 Å². The molecule has 4 nitrogen and oxygen atoms in total. The number of amidine groups is 1. The van der Waals surface area contributed by atoms with Gasteiger partial charge in [0.1, 0.15) is 6.04 Å². The maximum absolute atomic E-state index is 13.4. The third-order valence-corrected chi connectivity index (χ3v) is 6.28. The van der Waals surface area contributed by atoms with E-state index in [1.807, 2.05) is 6.92 Å². The lowest BCUT2D eigenvalue weighted by Crippen LogP contribution is -2.45. The third kappa shape index (κ3) is 8.41. The molecule has 1 aliphatic rings. The van der Waals surface area contributed by atoms with Crippen LogP contribution in [0.25, 0.3) is 0 Å². The molecule has 0 aliphatic carbocycles. The van der Waals surface area contributed by atoms with Crippen LogP contribution in [0.4, 0.5) is 26.3 Å². The standard InChI is InChI=1S/C24H23Cl2F6N3O.ClH/c1-2-6-33-21-5-7-35(22(36)20(34-21)11-14-3-4-18(25)19(26)10-14)13-15-8-16(23(27,28)29)12-17(9-15)24(30,31)32;/h3-4,8-10,12,20H,2,5-7,11,13H2,1H3,(H,33,34);1H. The lowest BCUT2D eigenvalue weighted by Gasteiger charge is -2.25. The molecule has 0 aromatic heterocycles. The summed E-state index contributed by atoms with van der Waals surface area (Å²) in [5.41, 5.74) is -2.45. The Hall–Kier alpha value is -2.17. The number of aliphatic imine (C=N–C) groups is 1.